The fraction of sp³-hybridized carbons (Fsp3) is 0.875. The molecular formula is C8H18N2O2. The minimum absolute atomic E-state index is 0.0606. The Morgan fingerprint density at radius 1 is 1.67 bits per heavy atom. The standard InChI is InChI=1S/C8H18N2O2/c1-3-10-8(11)7(2)12-6-4-5-9/h7H,3-6,9H2,1-2H3,(H,10,11). The molecule has 1 unspecified atom stereocenters. The van der Waals surface area contributed by atoms with E-state index in [0.717, 1.165) is 6.42 Å². The van der Waals surface area contributed by atoms with Gasteiger partial charge in [-0.2, -0.15) is 0 Å². The van der Waals surface area contributed by atoms with Crippen molar-refractivity contribution in [3.63, 3.8) is 0 Å². The first-order valence-electron chi connectivity index (χ1n) is 4.31. The second-order valence-electron chi connectivity index (χ2n) is 2.55. The zero-order valence-electron chi connectivity index (χ0n) is 7.80. The highest BCUT2D eigenvalue weighted by Gasteiger charge is 2.10. The van der Waals surface area contributed by atoms with E-state index >= 15 is 0 Å². The van der Waals surface area contributed by atoms with Crippen molar-refractivity contribution in [1.82, 2.24) is 5.32 Å². The first kappa shape index (κ1) is 11.4. The minimum atomic E-state index is -0.364. The van der Waals surface area contributed by atoms with Gasteiger partial charge in [-0.15, -0.1) is 0 Å². The van der Waals surface area contributed by atoms with Gasteiger partial charge < -0.3 is 15.8 Å². The van der Waals surface area contributed by atoms with Crippen molar-refractivity contribution in [2.45, 2.75) is 26.4 Å². The molecule has 0 saturated carbocycles. The molecule has 3 N–H and O–H groups in total. The van der Waals surface area contributed by atoms with Crippen molar-refractivity contribution < 1.29 is 9.53 Å². The average molecular weight is 174 g/mol. The molecule has 1 atom stereocenters. The number of ether oxygens (including phenoxy) is 1. The van der Waals surface area contributed by atoms with Crippen LogP contribution in [0.15, 0.2) is 0 Å². The van der Waals surface area contributed by atoms with Crippen LogP contribution in [0.4, 0.5) is 0 Å². The molecule has 0 aromatic rings. The lowest BCUT2D eigenvalue weighted by atomic mass is 10.3. The SMILES string of the molecule is CCNC(=O)C(C)OCCCN. The van der Waals surface area contributed by atoms with Gasteiger partial charge in [-0.3, -0.25) is 4.79 Å². The van der Waals surface area contributed by atoms with Crippen molar-refractivity contribution in [1.29, 1.82) is 0 Å². The molecule has 4 nitrogen and oxygen atoms in total. The molecule has 0 spiro atoms. The number of nitrogens with one attached hydrogen (secondary N) is 1. The van der Waals surface area contributed by atoms with Gasteiger partial charge >= 0.3 is 0 Å². The van der Waals surface area contributed by atoms with Crippen LogP contribution in [-0.2, 0) is 9.53 Å². The lowest BCUT2D eigenvalue weighted by molar-refractivity contribution is -0.131. The molecule has 12 heavy (non-hydrogen) atoms. The Balaban J connectivity index is 3.42. The van der Waals surface area contributed by atoms with Crippen molar-refractivity contribution in [2.24, 2.45) is 5.73 Å². The van der Waals surface area contributed by atoms with E-state index in [9.17, 15) is 4.79 Å². The van der Waals surface area contributed by atoms with Crippen molar-refractivity contribution in [3.05, 3.63) is 0 Å². The predicted molar refractivity (Wildman–Crippen MR) is 47.8 cm³/mol. The van der Waals surface area contributed by atoms with E-state index in [4.69, 9.17) is 10.5 Å². The minimum Gasteiger partial charge on any atom is -0.369 e. The Kier molecular flexibility index (Phi) is 6.70. The van der Waals surface area contributed by atoms with Crippen LogP contribution in [0.25, 0.3) is 0 Å². The van der Waals surface area contributed by atoms with Gasteiger partial charge in [-0.25, -0.2) is 0 Å². The van der Waals surface area contributed by atoms with E-state index in [0.29, 0.717) is 19.7 Å². The summed E-state index contributed by atoms with van der Waals surface area (Å²) in [6, 6.07) is 0. The maximum Gasteiger partial charge on any atom is 0.248 e. The Hall–Kier alpha value is -0.610. The molecule has 0 aromatic carbocycles. The lowest BCUT2D eigenvalue weighted by Gasteiger charge is -2.11. The fourth-order valence-electron chi connectivity index (χ4n) is 0.737. The molecule has 0 aliphatic heterocycles. The van der Waals surface area contributed by atoms with E-state index in [1.807, 2.05) is 6.92 Å². The molecule has 4 heteroatoms. The molecule has 0 heterocycles. The lowest BCUT2D eigenvalue weighted by Crippen LogP contribution is -2.34. The van der Waals surface area contributed by atoms with E-state index in [-0.39, 0.29) is 12.0 Å². The summed E-state index contributed by atoms with van der Waals surface area (Å²) in [4.78, 5) is 11.1. The van der Waals surface area contributed by atoms with Crippen LogP contribution in [0, 0.1) is 0 Å². The van der Waals surface area contributed by atoms with Gasteiger partial charge in [-0.1, -0.05) is 0 Å². The monoisotopic (exact) mass is 174 g/mol. The van der Waals surface area contributed by atoms with E-state index in [2.05, 4.69) is 5.32 Å². The third kappa shape index (κ3) is 5.09. The van der Waals surface area contributed by atoms with Crippen LogP contribution in [0.5, 0.6) is 0 Å². The van der Waals surface area contributed by atoms with Gasteiger partial charge in [0.05, 0.1) is 0 Å². The molecular weight excluding hydrogens is 156 g/mol. The molecule has 0 radical (unpaired) electrons. The molecule has 0 rings (SSSR count). The van der Waals surface area contributed by atoms with Gasteiger partial charge in [0.1, 0.15) is 6.10 Å². The number of carbonyl (C=O) groups excluding carboxylic acids is 1. The quantitative estimate of drug-likeness (QED) is 0.552. The summed E-state index contributed by atoms with van der Waals surface area (Å²) in [7, 11) is 0. The van der Waals surface area contributed by atoms with Gasteiger partial charge in [-0.05, 0) is 26.8 Å². The zero-order valence-corrected chi connectivity index (χ0v) is 7.80. The third-order valence-electron chi connectivity index (χ3n) is 1.44. The topological polar surface area (TPSA) is 64.3 Å². The van der Waals surface area contributed by atoms with Crippen LogP contribution in [0.1, 0.15) is 20.3 Å². The van der Waals surface area contributed by atoms with Gasteiger partial charge in [0, 0.05) is 13.2 Å². The average Bonchev–Trinajstić information content (AvgIpc) is 2.05. The highest BCUT2D eigenvalue weighted by molar-refractivity contribution is 5.80. The second-order valence-corrected chi connectivity index (χ2v) is 2.55. The number of likely N-dealkylation sites (N-methyl/N-ethyl adjacent to an activating group) is 1. The highest BCUT2D eigenvalue weighted by atomic mass is 16.5. The van der Waals surface area contributed by atoms with Crippen molar-refractivity contribution >= 4 is 5.91 Å². The number of carbonyl (C=O) groups is 1. The van der Waals surface area contributed by atoms with Crippen molar-refractivity contribution in [2.75, 3.05) is 19.7 Å². The van der Waals surface area contributed by atoms with E-state index < -0.39 is 0 Å². The zero-order chi connectivity index (χ0) is 9.40. The number of rotatable bonds is 6. The third-order valence-corrected chi connectivity index (χ3v) is 1.44. The number of nitrogens with two attached hydrogens (primary N) is 1. The first-order chi connectivity index (χ1) is 5.72. The molecule has 0 aliphatic carbocycles. The molecule has 0 aromatic heterocycles. The summed E-state index contributed by atoms with van der Waals surface area (Å²) < 4.78 is 5.20. The fourth-order valence-corrected chi connectivity index (χ4v) is 0.737. The second kappa shape index (κ2) is 7.06. The maximum atomic E-state index is 11.1. The van der Waals surface area contributed by atoms with Gasteiger partial charge in [0.25, 0.3) is 0 Å². The molecule has 0 bridgehead atoms. The molecule has 72 valence electrons. The van der Waals surface area contributed by atoms with Crippen molar-refractivity contribution in [3.8, 4) is 0 Å². The van der Waals surface area contributed by atoms with E-state index in [1.54, 1.807) is 6.92 Å². The molecule has 1 amide bonds. The molecule has 0 saturated heterocycles. The van der Waals surface area contributed by atoms with Crippen LogP contribution in [0.3, 0.4) is 0 Å². The van der Waals surface area contributed by atoms with Crippen LogP contribution in [-0.4, -0.2) is 31.7 Å². The van der Waals surface area contributed by atoms with Crippen LogP contribution >= 0.6 is 0 Å². The van der Waals surface area contributed by atoms with Gasteiger partial charge in [0.15, 0.2) is 0 Å². The Morgan fingerprint density at radius 3 is 2.83 bits per heavy atom. The highest BCUT2D eigenvalue weighted by Crippen LogP contribution is 1.91. The van der Waals surface area contributed by atoms with Gasteiger partial charge in [0.2, 0.25) is 5.91 Å². The predicted octanol–water partition coefficient (Wildman–Crippen LogP) is -0.124. The number of amides is 1. The summed E-state index contributed by atoms with van der Waals surface area (Å²) in [6.07, 6.45) is 0.431. The normalized spacial score (nSPS) is 12.6. The summed E-state index contributed by atoms with van der Waals surface area (Å²) in [5.74, 6) is -0.0606. The van der Waals surface area contributed by atoms with Crippen LogP contribution in [0.2, 0.25) is 0 Å². The summed E-state index contributed by atoms with van der Waals surface area (Å²) in [5, 5.41) is 2.68. The first-order valence-corrected chi connectivity index (χ1v) is 4.31. The summed E-state index contributed by atoms with van der Waals surface area (Å²) in [6.45, 7) is 5.41. The molecule has 0 fully saturated rings. The molecule has 0 aliphatic rings. The van der Waals surface area contributed by atoms with E-state index in [1.165, 1.54) is 0 Å². The Labute approximate surface area is 73.5 Å². The smallest absolute Gasteiger partial charge is 0.248 e. The number of hydrogen-bond donors (Lipinski definition) is 2. The van der Waals surface area contributed by atoms with Crippen LogP contribution < -0.4 is 11.1 Å². The summed E-state index contributed by atoms with van der Waals surface area (Å²) in [5.41, 5.74) is 5.27. The largest absolute Gasteiger partial charge is 0.369 e. The maximum absolute atomic E-state index is 11.1. The number of hydrogen-bond acceptors (Lipinski definition) is 3. The Bertz CT molecular complexity index is 128. The summed E-state index contributed by atoms with van der Waals surface area (Å²) >= 11 is 0. The Morgan fingerprint density at radius 2 is 2.33 bits per heavy atom.